The molecule has 0 aromatic heterocycles. The van der Waals surface area contributed by atoms with Gasteiger partial charge in [0.1, 0.15) is 0 Å². The molecule has 0 fully saturated rings. The van der Waals surface area contributed by atoms with E-state index in [-0.39, 0.29) is 19.7 Å². The second-order valence-electron chi connectivity index (χ2n) is 4.40. The van der Waals surface area contributed by atoms with Gasteiger partial charge in [0, 0.05) is 17.7 Å². The van der Waals surface area contributed by atoms with Gasteiger partial charge in [0.15, 0.2) is 0 Å². The Morgan fingerprint density at radius 1 is 1.48 bits per heavy atom. The van der Waals surface area contributed by atoms with Crippen LogP contribution < -0.4 is 5.73 Å². The molecule has 0 spiro atoms. The van der Waals surface area contributed by atoms with Crippen LogP contribution in [0.5, 0.6) is 0 Å². The summed E-state index contributed by atoms with van der Waals surface area (Å²) in [6.45, 7) is 0.821. The van der Waals surface area contributed by atoms with Gasteiger partial charge in [-0.2, -0.15) is 0 Å². The van der Waals surface area contributed by atoms with Gasteiger partial charge in [-0.1, -0.05) is 11.8 Å². The number of hydrogen-bond donors (Lipinski definition) is 2. The van der Waals surface area contributed by atoms with Gasteiger partial charge in [-0.25, -0.2) is 8.78 Å². The van der Waals surface area contributed by atoms with Gasteiger partial charge < -0.3 is 15.7 Å². The average Bonchev–Trinajstić information content (AvgIpc) is 2.44. The first-order chi connectivity index (χ1) is 9.99. The molecule has 0 unspecified atom stereocenters. The molecule has 4 nitrogen and oxygen atoms in total. The number of aliphatic hydroxyl groups excluding tert-OH is 1. The van der Waals surface area contributed by atoms with Crippen molar-refractivity contribution in [2.75, 3.05) is 26.2 Å². The van der Waals surface area contributed by atoms with Crippen LogP contribution in [0.25, 0.3) is 0 Å². The summed E-state index contributed by atoms with van der Waals surface area (Å²) in [6, 6.07) is 4.79. The third-order valence-corrected chi connectivity index (χ3v) is 2.81. The maximum Gasteiger partial charge on any atom is 0.255 e. The van der Waals surface area contributed by atoms with Crippen LogP contribution in [0.1, 0.15) is 21.5 Å². The maximum absolute atomic E-state index is 12.5. The van der Waals surface area contributed by atoms with Crippen LogP contribution in [-0.4, -0.2) is 48.6 Å². The van der Waals surface area contributed by atoms with Crippen LogP contribution >= 0.6 is 0 Å². The normalized spacial score (nSPS) is 10.2. The topological polar surface area (TPSA) is 66.6 Å². The Balaban J connectivity index is 2.97. The van der Waals surface area contributed by atoms with Crippen molar-refractivity contribution < 1.29 is 18.7 Å². The molecule has 1 aromatic rings. The van der Waals surface area contributed by atoms with Gasteiger partial charge in [-0.05, 0) is 30.7 Å². The molecule has 21 heavy (non-hydrogen) atoms. The Bertz CT molecular complexity index is 550. The number of rotatable bonds is 5. The standard InChI is InChI=1S/C15H18F2N2O2/c1-11-9-13(5-4-12(11)3-2-6-18)15(21)19(7-8-20)10-14(16)17/h4-5,9,14,20H,6-8,10,18H2,1H3. The fourth-order valence-corrected chi connectivity index (χ4v) is 1.83. The monoisotopic (exact) mass is 296 g/mol. The maximum atomic E-state index is 12.5. The van der Waals surface area contributed by atoms with Crippen LogP contribution in [0, 0.1) is 18.8 Å². The Hall–Kier alpha value is -1.97. The molecular formula is C15H18F2N2O2. The minimum absolute atomic E-state index is 0.128. The second-order valence-corrected chi connectivity index (χ2v) is 4.40. The molecule has 1 amide bonds. The molecule has 0 heterocycles. The van der Waals surface area contributed by atoms with Crippen LogP contribution in [0.4, 0.5) is 8.78 Å². The van der Waals surface area contributed by atoms with E-state index in [0.717, 1.165) is 16.0 Å². The molecule has 0 aliphatic rings. The number of halogens is 2. The number of amides is 1. The Morgan fingerprint density at radius 3 is 2.71 bits per heavy atom. The van der Waals surface area contributed by atoms with Crippen molar-refractivity contribution >= 4 is 5.91 Å². The number of benzene rings is 1. The molecule has 1 aromatic carbocycles. The van der Waals surface area contributed by atoms with E-state index in [1.54, 1.807) is 19.1 Å². The van der Waals surface area contributed by atoms with E-state index >= 15 is 0 Å². The fourth-order valence-electron chi connectivity index (χ4n) is 1.83. The molecule has 0 radical (unpaired) electrons. The van der Waals surface area contributed by atoms with Gasteiger partial charge in [0.05, 0.1) is 19.7 Å². The van der Waals surface area contributed by atoms with Crippen LogP contribution in [0.15, 0.2) is 18.2 Å². The zero-order valence-corrected chi connectivity index (χ0v) is 11.8. The highest BCUT2D eigenvalue weighted by Gasteiger charge is 2.19. The van der Waals surface area contributed by atoms with Gasteiger partial charge in [-0.3, -0.25) is 4.79 Å². The second kappa shape index (κ2) is 8.35. The summed E-state index contributed by atoms with van der Waals surface area (Å²) in [5.74, 6) is 5.04. The lowest BCUT2D eigenvalue weighted by Gasteiger charge is -2.21. The predicted octanol–water partition coefficient (Wildman–Crippen LogP) is 1.00. The molecular weight excluding hydrogens is 278 g/mol. The van der Waals surface area contributed by atoms with Crippen molar-refractivity contribution in [3.05, 3.63) is 34.9 Å². The number of aliphatic hydroxyl groups is 1. The highest BCUT2D eigenvalue weighted by atomic mass is 19.3. The SMILES string of the molecule is Cc1cc(C(=O)N(CCO)CC(F)F)ccc1C#CCN. The number of nitrogens with zero attached hydrogens (tertiary/aromatic N) is 1. The van der Waals surface area contributed by atoms with Crippen molar-refractivity contribution in [3.8, 4) is 11.8 Å². The smallest absolute Gasteiger partial charge is 0.255 e. The summed E-state index contributed by atoms with van der Waals surface area (Å²) < 4.78 is 24.9. The van der Waals surface area contributed by atoms with Gasteiger partial charge in [-0.15, -0.1) is 0 Å². The van der Waals surface area contributed by atoms with Crippen molar-refractivity contribution in [1.29, 1.82) is 0 Å². The summed E-state index contributed by atoms with van der Waals surface area (Å²) in [6.07, 6.45) is -2.64. The summed E-state index contributed by atoms with van der Waals surface area (Å²) in [7, 11) is 0. The van der Waals surface area contributed by atoms with Crippen molar-refractivity contribution in [2.45, 2.75) is 13.3 Å². The Labute approximate surface area is 122 Å². The summed E-state index contributed by atoms with van der Waals surface area (Å²) >= 11 is 0. The zero-order valence-electron chi connectivity index (χ0n) is 11.8. The molecule has 0 saturated heterocycles. The van der Waals surface area contributed by atoms with Crippen molar-refractivity contribution in [1.82, 2.24) is 4.90 Å². The van der Waals surface area contributed by atoms with Crippen LogP contribution in [-0.2, 0) is 0 Å². The van der Waals surface area contributed by atoms with E-state index in [9.17, 15) is 13.6 Å². The molecule has 6 heteroatoms. The highest BCUT2D eigenvalue weighted by Crippen LogP contribution is 2.13. The fraction of sp³-hybridized carbons (Fsp3) is 0.400. The lowest BCUT2D eigenvalue weighted by molar-refractivity contribution is 0.0509. The van der Waals surface area contributed by atoms with E-state index < -0.39 is 18.9 Å². The number of hydrogen-bond acceptors (Lipinski definition) is 3. The molecule has 0 bridgehead atoms. The number of aryl methyl sites for hydroxylation is 1. The quantitative estimate of drug-likeness (QED) is 0.797. The molecule has 0 atom stereocenters. The summed E-state index contributed by atoms with van der Waals surface area (Å²) in [5, 5.41) is 8.87. The molecule has 3 N–H and O–H groups in total. The number of alkyl halides is 2. The molecule has 1 rings (SSSR count). The lowest BCUT2D eigenvalue weighted by Crippen LogP contribution is -2.37. The molecule has 0 aliphatic heterocycles. The van der Waals surface area contributed by atoms with Crippen molar-refractivity contribution in [2.24, 2.45) is 5.73 Å². The minimum atomic E-state index is -2.64. The molecule has 0 aliphatic carbocycles. The average molecular weight is 296 g/mol. The number of carbonyl (C=O) groups excluding carboxylic acids is 1. The summed E-state index contributed by atoms with van der Waals surface area (Å²) in [4.78, 5) is 13.1. The minimum Gasteiger partial charge on any atom is -0.395 e. The highest BCUT2D eigenvalue weighted by molar-refractivity contribution is 5.94. The van der Waals surface area contributed by atoms with Crippen LogP contribution in [0.2, 0.25) is 0 Å². The largest absolute Gasteiger partial charge is 0.395 e. The van der Waals surface area contributed by atoms with Gasteiger partial charge >= 0.3 is 0 Å². The third-order valence-electron chi connectivity index (χ3n) is 2.81. The lowest BCUT2D eigenvalue weighted by atomic mass is 10.0. The predicted molar refractivity (Wildman–Crippen MR) is 76.1 cm³/mol. The van der Waals surface area contributed by atoms with Gasteiger partial charge in [0.25, 0.3) is 12.3 Å². The first-order valence-corrected chi connectivity index (χ1v) is 6.47. The van der Waals surface area contributed by atoms with E-state index in [2.05, 4.69) is 11.8 Å². The van der Waals surface area contributed by atoms with Crippen molar-refractivity contribution in [3.63, 3.8) is 0 Å². The van der Waals surface area contributed by atoms with E-state index in [0.29, 0.717) is 5.56 Å². The van der Waals surface area contributed by atoms with E-state index in [4.69, 9.17) is 10.8 Å². The summed E-state index contributed by atoms with van der Waals surface area (Å²) in [5.41, 5.74) is 7.09. The Morgan fingerprint density at radius 2 is 2.19 bits per heavy atom. The number of carbonyl (C=O) groups is 1. The molecule has 114 valence electrons. The first kappa shape index (κ1) is 17.1. The van der Waals surface area contributed by atoms with Crippen LogP contribution in [0.3, 0.4) is 0 Å². The zero-order chi connectivity index (χ0) is 15.8. The first-order valence-electron chi connectivity index (χ1n) is 6.47. The van der Waals surface area contributed by atoms with E-state index in [1.165, 1.54) is 6.07 Å². The Kier molecular flexibility index (Phi) is 6.79. The third kappa shape index (κ3) is 5.14. The number of nitrogens with two attached hydrogens (primary N) is 1. The van der Waals surface area contributed by atoms with Gasteiger partial charge in [0.2, 0.25) is 0 Å². The van der Waals surface area contributed by atoms with E-state index in [1.807, 2.05) is 0 Å². The molecule has 0 saturated carbocycles.